The molecule has 0 aliphatic carbocycles. The SMILES string of the molecule is COCC(C)N(C)Cc1ccc(CNC(C)C)cc1Br. The molecule has 3 nitrogen and oxygen atoms in total. The predicted octanol–water partition coefficient (Wildman–Crippen LogP) is 3.41. The average Bonchev–Trinajstić information content (AvgIpc) is 2.39. The van der Waals surface area contributed by atoms with E-state index < -0.39 is 0 Å². The lowest BCUT2D eigenvalue weighted by Crippen LogP contribution is -2.32. The lowest BCUT2D eigenvalue weighted by atomic mass is 10.1. The Labute approximate surface area is 131 Å². The van der Waals surface area contributed by atoms with Crippen LogP contribution in [0.3, 0.4) is 0 Å². The molecule has 0 saturated carbocycles. The van der Waals surface area contributed by atoms with E-state index in [0.717, 1.165) is 19.7 Å². The van der Waals surface area contributed by atoms with Crippen molar-refractivity contribution in [3.05, 3.63) is 33.8 Å². The molecule has 0 aliphatic heterocycles. The third-order valence-electron chi connectivity index (χ3n) is 3.41. The summed E-state index contributed by atoms with van der Waals surface area (Å²) in [5, 5.41) is 3.44. The smallest absolute Gasteiger partial charge is 0.0615 e. The molecule has 0 aromatic heterocycles. The number of rotatable bonds is 8. The van der Waals surface area contributed by atoms with Gasteiger partial charge in [0.25, 0.3) is 0 Å². The van der Waals surface area contributed by atoms with Gasteiger partial charge in [0.15, 0.2) is 0 Å². The summed E-state index contributed by atoms with van der Waals surface area (Å²) in [7, 11) is 3.88. The van der Waals surface area contributed by atoms with Gasteiger partial charge < -0.3 is 10.1 Å². The Hall–Kier alpha value is -0.420. The fraction of sp³-hybridized carbons (Fsp3) is 0.625. The Morgan fingerprint density at radius 1 is 1.30 bits per heavy atom. The molecule has 1 N–H and O–H groups in total. The van der Waals surface area contributed by atoms with Gasteiger partial charge in [-0.3, -0.25) is 4.90 Å². The molecule has 0 amide bonds. The number of hydrogen-bond donors (Lipinski definition) is 1. The molecule has 4 heteroatoms. The van der Waals surface area contributed by atoms with E-state index in [-0.39, 0.29) is 0 Å². The summed E-state index contributed by atoms with van der Waals surface area (Å²) >= 11 is 3.69. The van der Waals surface area contributed by atoms with E-state index in [0.29, 0.717) is 12.1 Å². The van der Waals surface area contributed by atoms with Gasteiger partial charge in [-0.1, -0.05) is 41.9 Å². The number of benzene rings is 1. The molecular formula is C16H27BrN2O. The molecule has 0 bridgehead atoms. The molecule has 1 aromatic rings. The van der Waals surface area contributed by atoms with Crippen molar-refractivity contribution in [3.63, 3.8) is 0 Å². The van der Waals surface area contributed by atoms with Gasteiger partial charge in [-0.15, -0.1) is 0 Å². The van der Waals surface area contributed by atoms with Crippen molar-refractivity contribution in [1.29, 1.82) is 0 Å². The Balaban J connectivity index is 2.63. The van der Waals surface area contributed by atoms with E-state index in [9.17, 15) is 0 Å². The van der Waals surface area contributed by atoms with E-state index in [2.05, 4.69) is 72.2 Å². The normalized spacial score (nSPS) is 13.2. The Morgan fingerprint density at radius 3 is 2.55 bits per heavy atom. The molecule has 1 atom stereocenters. The minimum Gasteiger partial charge on any atom is -0.383 e. The summed E-state index contributed by atoms with van der Waals surface area (Å²) in [6.07, 6.45) is 0. The van der Waals surface area contributed by atoms with Crippen LogP contribution in [-0.4, -0.2) is 37.7 Å². The summed E-state index contributed by atoms with van der Waals surface area (Å²) in [6.45, 7) is 9.09. The maximum atomic E-state index is 5.20. The van der Waals surface area contributed by atoms with Gasteiger partial charge in [-0.2, -0.15) is 0 Å². The third kappa shape index (κ3) is 5.92. The quantitative estimate of drug-likeness (QED) is 0.783. The van der Waals surface area contributed by atoms with Crippen molar-refractivity contribution in [3.8, 4) is 0 Å². The summed E-state index contributed by atoms with van der Waals surface area (Å²) in [4.78, 5) is 2.30. The maximum Gasteiger partial charge on any atom is 0.0615 e. The molecule has 0 radical (unpaired) electrons. The van der Waals surface area contributed by atoms with Crippen LogP contribution >= 0.6 is 15.9 Å². The number of halogens is 1. The molecule has 0 heterocycles. The van der Waals surface area contributed by atoms with Crippen LogP contribution in [0.4, 0.5) is 0 Å². The average molecular weight is 343 g/mol. The molecule has 0 fully saturated rings. The first-order chi connectivity index (χ1) is 9.43. The monoisotopic (exact) mass is 342 g/mol. The summed E-state index contributed by atoms with van der Waals surface area (Å²) in [5.41, 5.74) is 2.62. The molecule has 0 saturated heterocycles. The second-order valence-electron chi connectivity index (χ2n) is 5.68. The molecule has 0 aliphatic rings. The summed E-state index contributed by atoms with van der Waals surface area (Å²) in [5.74, 6) is 0. The molecule has 1 aromatic carbocycles. The van der Waals surface area contributed by atoms with E-state index in [4.69, 9.17) is 4.74 Å². The van der Waals surface area contributed by atoms with Gasteiger partial charge in [0, 0.05) is 36.8 Å². The van der Waals surface area contributed by atoms with Crippen molar-refractivity contribution in [2.75, 3.05) is 20.8 Å². The Bertz CT molecular complexity index is 409. The first-order valence-corrected chi connectivity index (χ1v) is 7.93. The molecule has 1 rings (SSSR count). The zero-order valence-corrected chi connectivity index (χ0v) is 14.8. The highest BCUT2D eigenvalue weighted by Gasteiger charge is 2.11. The largest absolute Gasteiger partial charge is 0.383 e. The van der Waals surface area contributed by atoms with Gasteiger partial charge in [0.2, 0.25) is 0 Å². The van der Waals surface area contributed by atoms with E-state index >= 15 is 0 Å². The highest BCUT2D eigenvalue weighted by atomic mass is 79.9. The lowest BCUT2D eigenvalue weighted by molar-refractivity contribution is 0.112. The predicted molar refractivity (Wildman–Crippen MR) is 88.9 cm³/mol. The van der Waals surface area contributed by atoms with Crippen molar-refractivity contribution >= 4 is 15.9 Å². The number of nitrogens with one attached hydrogen (secondary N) is 1. The van der Waals surface area contributed by atoms with Crippen LogP contribution in [0, 0.1) is 0 Å². The summed E-state index contributed by atoms with van der Waals surface area (Å²) < 4.78 is 6.38. The van der Waals surface area contributed by atoms with Gasteiger partial charge in [0.05, 0.1) is 6.61 Å². The Kier molecular flexibility index (Phi) is 7.74. The Morgan fingerprint density at radius 2 is 2.00 bits per heavy atom. The van der Waals surface area contributed by atoms with Crippen LogP contribution in [0.1, 0.15) is 31.9 Å². The highest BCUT2D eigenvalue weighted by molar-refractivity contribution is 9.10. The molecule has 20 heavy (non-hydrogen) atoms. The maximum absolute atomic E-state index is 5.20. The topological polar surface area (TPSA) is 24.5 Å². The standard InChI is InChI=1S/C16H27BrN2O/c1-12(2)18-9-14-6-7-15(16(17)8-14)10-19(4)13(3)11-20-5/h6-8,12-13,18H,9-11H2,1-5H3. The second-order valence-corrected chi connectivity index (χ2v) is 6.54. The fourth-order valence-electron chi connectivity index (χ4n) is 1.94. The number of likely N-dealkylation sites (N-methyl/N-ethyl adjacent to an activating group) is 1. The second kappa shape index (κ2) is 8.78. The first-order valence-electron chi connectivity index (χ1n) is 7.14. The number of nitrogens with zero attached hydrogens (tertiary/aromatic N) is 1. The van der Waals surface area contributed by atoms with Crippen LogP contribution < -0.4 is 5.32 Å². The van der Waals surface area contributed by atoms with Gasteiger partial charge in [0.1, 0.15) is 0 Å². The highest BCUT2D eigenvalue weighted by Crippen LogP contribution is 2.21. The number of methoxy groups -OCH3 is 1. The number of hydrogen-bond acceptors (Lipinski definition) is 3. The van der Waals surface area contributed by atoms with E-state index in [1.54, 1.807) is 7.11 Å². The fourth-order valence-corrected chi connectivity index (χ4v) is 2.50. The lowest BCUT2D eigenvalue weighted by Gasteiger charge is -2.24. The zero-order valence-electron chi connectivity index (χ0n) is 13.2. The zero-order chi connectivity index (χ0) is 15.1. The van der Waals surface area contributed by atoms with Crippen LogP contribution in [-0.2, 0) is 17.8 Å². The van der Waals surface area contributed by atoms with Gasteiger partial charge in [-0.25, -0.2) is 0 Å². The minimum absolute atomic E-state index is 0.411. The molecular weight excluding hydrogens is 316 g/mol. The van der Waals surface area contributed by atoms with Crippen LogP contribution in [0.25, 0.3) is 0 Å². The van der Waals surface area contributed by atoms with Crippen molar-refractivity contribution in [2.24, 2.45) is 0 Å². The molecule has 114 valence electrons. The molecule has 0 spiro atoms. The van der Waals surface area contributed by atoms with Crippen molar-refractivity contribution in [2.45, 2.75) is 45.9 Å². The third-order valence-corrected chi connectivity index (χ3v) is 4.15. The van der Waals surface area contributed by atoms with Crippen molar-refractivity contribution < 1.29 is 4.74 Å². The van der Waals surface area contributed by atoms with E-state index in [1.165, 1.54) is 15.6 Å². The van der Waals surface area contributed by atoms with Gasteiger partial charge >= 0.3 is 0 Å². The van der Waals surface area contributed by atoms with Crippen molar-refractivity contribution in [1.82, 2.24) is 10.2 Å². The van der Waals surface area contributed by atoms with Crippen LogP contribution in [0.15, 0.2) is 22.7 Å². The van der Waals surface area contributed by atoms with Crippen LogP contribution in [0.2, 0.25) is 0 Å². The van der Waals surface area contributed by atoms with Crippen LogP contribution in [0.5, 0.6) is 0 Å². The summed E-state index contributed by atoms with van der Waals surface area (Å²) in [6, 6.07) is 7.53. The van der Waals surface area contributed by atoms with Gasteiger partial charge in [-0.05, 0) is 31.2 Å². The first kappa shape index (κ1) is 17.6. The number of ether oxygens (including phenoxy) is 1. The minimum atomic E-state index is 0.411. The van der Waals surface area contributed by atoms with E-state index in [1.807, 2.05) is 0 Å². The molecule has 1 unspecified atom stereocenters.